The van der Waals surface area contributed by atoms with Gasteiger partial charge in [-0.2, -0.15) is 0 Å². The van der Waals surface area contributed by atoms with Crippen molar-refractivity contribution in [3.05, 3.63) is 42.0 Å². The van der Waals surface area contributed by atoms with Crippen LogP contribution in [0.2, 0.25) is 0 Å². The van der Waals surface area contributed by atoms with Gasteiger partial charge in [0.2, 0.25) is 0 Å². The predicted molar refractivity (Wildman–Crippen MR) is 88.3 cm³/mol. The molecule has 1 heterocycles. The minimum atomic E-state index is -0.288. The Hall–Kier alpha value is -2.01. The van der Waals surface area contributed by atoms with Crippen molar-refractivity contribution in [3.63, 3.8) is 0 Å². The summed E-state index contributed by atoms with van der Waals surface area (Å²) >= 11 is 0. The summed E-state index contributed by atoms with van der Waals surface area (Å²) < 4.78 is 13.4. The molecule has 1 aromatic heterocycles. The summed E-state index contributed by atoms with van der Waals surface area (Å²) in [6.45, 7) is 7.71. The zero-order valence-corrected chi connectivity index (χ0v) is 13.4. The van der Waals surface area contributed by atoms with Crippen molar-refractivity contribution in [2.24, 2.45) is 5.73 Å². The average Bonchev–Trinajstić information content (AvgIpc) is 2.46. The highest BCUT2D eigenvalue weighted by Gasteiger charge is 2.21. The molecule has 0 aliphatic heterocycles. The smallest absolute Gasteiger partial charge is 0.159 e. The monoisotopic (exact) mass is 302 g/mol. The van der Waals surface area contributed by atoms with Crippen LogP contribution in [0.4, 0.5) is 10.1 Å². The number of rotatable bonds is 5. The van der Waals surface area contributed by atoms with Gasteiger partial charge in [-0.1, -0.05) is 32.9 Å². The summed E-state index contributed by atoms with van der Waals surface area (Å²) in [5.41, 5.74) is 7.88. The van der Waals surface area contributed by atoms with Gasteiger partial charge in [-0.25, -0.2) is 14.4 Å². The van der Waals surface area contributed by atoms with Crippen LogP contribution in [-0.2, 0) is 5.41 Å². The van der Waals surface area contributed by atoms with Crippen LogP contribution in [0, 0.1) is 5.82 Å². The Morgan fingerprint density at radius 1 is 1.27 bits per heavy atom. The zero-order chi connectivity index (χ0) is 16.2. The molecule has 0 atom stereocenters. The maximum Gasteiger partial charge on any atom is 0.159 e. The largest absolute Gasteiger partial charge is 0.382 e. The van der Waals surface area contributed by atoms with Gasteiger partial charge in [-0.15, -0.1) is 0 Å². The van der Waals surface area contributed by atoms with E-state index in [4.69, 9.17) is 5.73 Å². The van der Waals surface area contributed by atoms with Crippen molar-refractivity contribution in [3.8, 4) is 11.4 Å². The normalized spacial score (nSPS) is 11.5. The number of anilines is 1. The van der Waals surface area contributed by atoms with E-state index in [0.29, 0.717) is 17.9 Å². The first-order valence-electron chi connectivity index (χ1n) is 7.49. The van der Waals surface area contributed by atoms with Crippen LogP contribution in [-0.4, -0.2) is 23.1 Å². The molecule has 0 amide bonds. The standard InChI is InChI=1S/C17H23FN4/c1-17(2,3)15-14(20-9-5-8-19)11-21-16(22-15)12-6-4-7-13(18)10-12/h4,6-7,10-11,20H,5,8-9,19H2,1-3H3. The highest BCUT2D eigenvalue weighted by Crippen LogP contribution is 2.29. The Balaban J connectivity index is 2.39. The van der Waals surface area contributed by atoms with Crippen LogP contribution in [0.15, 0.2) is 30.5 Å². The average molecular weight is 302 g/mol. The lowest BCUT2D eigenvalue weighted by Crippen LogP contribution is -2.19. The lowest BCUT2D eigenvalue weighted by atomic mass is 9.90. The summed E-state index contributed by atoms with van der Waals surface area (Å²) in [6.07, 6.45) is 2.65. The van der Waals surface area contributed by atoms with Gasteiger partial charge < -0.3 is 11.1 Å². The van der Waals surface area contributed by atoms with Crippen molar-refractivity contribution in [1.82, 2.24) is 9.97 Å². The maximum atomic E-state index is 13.4. The van der Waals surface area contributed by atoms with Crippen molar-refractivity contribution in [1.29, 1.82) is 0 Å². The summed E-state index contributed by atoms with van der Waals surface area (Å²) in [6, 6.07) is 6.34. The van der Waals surface area contributed by atoms with Gasteiger partial charge in [0, 0.05) is 17.5 Å². The van der Waals surface area contributed by atoms with Crippen LogP contribution >= 0.6 is 0 Å². The van der Waals surface area contributed by atoms with Gasteiger partial charge in [0.05, 0.1) is 17.6 Å². The minimum Gasteiger partial charge on any atom is -0.382 e. The SMILES string of the molecule is CC(C)(C)c1nc(-c2cccc(F)c2)ncc1NCCCN. The van der Waals surface area contributed by atoms with E-state index in [2.05, 4.69) is 36.1 Å². The molecule has 0 radical (unpaired) electrons. The third-order valence-electron chi connectivity index (χ3n) is 3.28. The fourth-order valence-corrected chi connectivity index (χ4v) is 2.17. The molecule has 1 aromatic carbocycles. The Labute approximate surface area is 131 Å². The van der Waals surface area contributed by atoms with E-state index in [9.17, 15) is 4.39 Å². The summed E-state index contributed by atoms with van der Waals surface area (Å²) in [5, 5.41) is 3.33. The topological polar surface area (TPSA) is 63.8 Å². The van der Waals surface area contributed by atoms with Crippen LogP contribution in [0.1, 0.15) is 32.9 Å². The van der Waals surface area contributed by atoms with E-state index >= 15 is 0 Å². The minimum absolute atomic E-state index is 0.143. The van der Waals surface area contributed by atoms with Crippen LogP contribution < -0.4 is 11.1 Å². The van der Waals surface area contributed by atoms with Gasteiger partial charge in [-0.05, 0) is 25.1 Å². The van der Waals surface area contributed by atoms with E-state index in [0.717, 1.165) is 24.3 Å². The molecular weight excluding hydrogens is 279 g/mol. The van der Waals surface area contributed by atoms with E-state index < -0.39 is 0 Å². The number of hydrogen-bond donors (Lipinski definition) is 2. The molecule has 2 rings (SSSR count). The molecule has 0 saturated carbocycles. The van der Waals surface area contributed by atoms with Crippen LogP contribution in [0.3, 0.4) is 0 Å². The molecule has 3 N–H and O–H groups in total. The number of nitrogens with one attached hydrogen (secondary N) is 1. The quantitative estimate of drug-likeness (QED) is 0.831. The summed E-state index contributed by atoms with van der Waals surface area (Å²) in [4.78, 5) is 9.03. The highest BCUT2D eigenvalue weighted by atomic mass is 19.1. The molecule has 0 aliphatic carbocycles. The molecule has 0 saturated heterocycles. The molecule has 118 valence electrons. The third kappa shape index (κ3) is 4.01. The van der Waals surface area contributed by atoms with Crippen LogP contribution in [0.5, 0.6) is 0 Å². The van der Waals surface area contributed by atoms with Gasteiger partial charge >= 0.3 is 0 Å². The first-order chi connectivity index (χ1) is 10.4. The van der Waals surface area contributed by atoms with Gasteiger partial charge in [0.1, 0.15) is 5.82 Å². The molecular formula is C17H23FN4. The van der Waals surface area contributed by atoms with Crippen molar-refractivity contribution < 1.29 is 4.39 Å². The molecule has 0 unspecified atom stereocenters. The van der Waals surface area contributed by atoms with Crippen molar-refractivity contribution >= 4 is 5.69 Å². The van der Waals surface area contributed by atoms with Crippen molar-refractivity contribution in [2.45, 2.75) is 32.6 Å². The zero-order valence-electron chi connectivity index (χ0n) is 13.4. The van der Waals surface area contributed by atoms with E-state index in [1.807, 2.05) is 6.07 Å². The van der Waals surface area contributed by atoms with Gasteiger partial charge in [-0.3, -0.25) is 0 Å². The predicted octanol–water partition coefficient (Wildman–Crippen LogP) is 3.34. The second-order valence-corrected chi connectivity index (χ2v) is 6.29. The third-order valence-corrected chi connectivity index (χ3v) is 3.28. The number of nitrogens with two attached hydrogens (primary N) is 1. The molecule has 0 aliphatic rings. The fraction of sp³-hybridized carbons (Fsp3) is 0.412. The lowest BCUT2D eigenvalue weighted by molar-refractivity contribution is 0.569. The first-order valence-corrected chi connectivity index (χ1v) is 7.49. The van der Waals surface area contributed by atoms with E-state index in [1.165, 1.54) is 12.1 Å². The number of hydrogen-bond acceptors (Lipinski definition) is 4. The molecule has 22 heavy (non-hydrogen) atoms. The second-order valence-electron chi connectivity index (χ2n) is 6.29. The number of nitrogens with zero attached hydrogens (tertiary/aromatic N) is 2. The number of benzene rings is 1. The summed E-state index contributed by atoms with van der Waals surface area (Å²) in [5.74, 6) is 0.248. The molecule has 0 bridgehead atoms. The van der Waals surface area contributed by atoms with Crippen LogP contribution in [0.25, 0.3) is 11.4 Å². The van der Waals surface area contributed by atoms with E-state index in [-0.39, 0.29) is 11.2 Å². The fourth-order valence-electron chi connectivity index (χ4n) is 2.17. The van der Waals surface area contributed by atoms with Crippen molar-refractivity contribution in [2.75, 3.05) is 18.4 Å². The Kier molecular flexibility index (Phi) is 5.08. The lowest BCUT2D eigenvalue weighted by Gasteiger charge is -2.22. The summed E-state index contributed by atoms with van der Waals surface area (Å²) in [7, 11) is 0. The Morgan fingerprint density at radius 3 is 2.68 bits per heavy atom. The molecule has 2 aromatic rings. The Morgan fingerprint density at radius 2 is 2.05 bits per heavy atom. The highest BCUT2D eigenvalue weighted by molar-refractivity contribution is 5.59. The maximum absolute atomic E-state index is 13.4. The first kappa shape index (κ1) is 16.4. The molecule has 0 fully saturated rings. The number of aromatic nitrogens is 2. The molecule has 4 nitrogen and oxygen atoms in total. The molecule has 0 spiro atoms. The van der Waals surface area contributed by atoms with E-state index in [1.54, 1.807) is 12.3 Å². The second kappa shape index (κ2) is 6.83. The molecule has 5 heteroatoms. The van der Waals surface area contributed by atoms with Gasteiger partial charge in [0.25, 0.3) is 0 Å². The van der Waals surface area contributed by atoms with Gasteiger partial charge in [0.15, 0.2) is 5.82 Å². The number of halogens is 1. The Bertz CT molecular complexity index is 635.